The molecular weight excluding hydrogens is 458 g/mol. The highest BCUT2D eigenvalue weighted by atomic mass is 79.9. The van der Waals surface area contributed by atoms with Crippen LogP contribution >= 0.6 is 15.9 Å². The molecule has 0 aliphatic carbocycles. The average Bonchev–Trinajstić information content (AvgIpc) is 3.11. The van der Waals surface area contributed by atoms with Crippen LogP contribution in [0.25, 0.3) is 11.2 Å². The quantitative estimate of drug-likeness (QED) is 0.520. The number of methoxy groups -OCH3 is 1. The van der Waals surface area contributed by atoms with Crippen LogP contribution in [0.3, 0.4) is 0 Å². The Morgan fingerprint density at radius 2 is 1.87 bits per heavy atom. The van der Waals surface area contributed by atoms with E-state index in [9.17, 15) is 19.2 Å². The lowest BCUT2D eigenvalue weighted by Gasteiger charge is -2.19. The lowest BCUT2D eigenvalue weighted by molar-refractivity contribution is -0.141. The van der Waals surface area contributed by atoms with Crippen LogP contribution in [0.2, 0.25) is 0 Å². The van der Waals surface area contributed by atoms with Crippen LogP contribution in [0.15, 0.2) is 44.7 Å². The van der Waals surface area contributed by atoms with Crippen molar-refractivity contribution in [1.29, 1.82) is 0 Å². The molecular formula is C19H20BrN5O5. The van der Waals surface area contributed by atoms with Crippen LogP contribution in [-0.4, -0.2) is 37.7 Å². The number of fused-ring (bicyclic) bond motifs is 1. The van der Waals surface area contributed by atoms with Crippen molar-refractivity contribution in [3.05, 3.63) is 61.5 Å². The first-order valence-corrected chi connectivity index (χ1v) is 9.74. The minimum Gasteiger partial charge on any atom is -0.469 e. The van der Waals surface area contributed by atoms with E-state index in [-0.39, 0.29) is 17.6 Å². The van der Waals surface area contributed by atoms with Crippen molar-refractivity contribution in [2.75, 3.05) is 7.11 Å². The normalized spacial score (nSPS) is 12.0. The molecule has 1 aromatic carbocycles. The van der Waals surface area contributed by atoms with Gasteiger partial charge in [0.15, 0.2) is 11.2 Å². The number of aryl methyl sites for hydroxylation is 2. The van der Waals surface area contributed by atoms with Gasteiger partial charge in [-0.05, 0) is 17.7 Å². The number of nitrogens with one attached hydrogen (secondary N) is 1. The zero-order chi connectivity index (χ0) is 22.0. The van der Waals surface area contributed by atoms with Crippen LogP contribution < -0.4 is 16.6 Å². The molecule has 0 radical (unpaired) electrons. The third-order valence-electron chi connectivity index (χ3n) is 4.71. The van der Waals surface area contributed by atoms with E-state index in [0.29, 0.717) is 5.56 Å². The van der Waals surface area contributed by atoms with Crippen molar-refractivity contribution in [1.82, 2.24) is 24.0 Å². The van der Waals surface area contributed by atoms with Gasteiger partial charge in [-0.15, -0.1) is 0 Å². The summed E-state index contributed by atoms with van der Waals surface area (Å²) in [4.78, 5) is 53.9. The first kappa shape index (κ1) is 21.5. The van der Waals surface area contributed by atoms with E-state index in [1.54, 1.807) is 31.3 Å². The number of ether oxygens (including phenoxy) is 1. The first-order chi connectivity index (χ1) is 14.2. The van der Waals surface area contributed by atoms with Gasteiger partial charge < -0.3 is 14.6 Å². The van der Waals surface area contributed by atoms with Crippen molar-refractivity contribution in [3.8, 4) is 0 Å². The number of aromatic nitrogens is 4. The molecule has 0 aliphatic rings. The second-order valence-corrected chi connectivity index (χ2v) is 7.63. The number of esters is 1. The minimum atomic E-state index is -0.682. The molecule has 0 fully saturated rings. The summed E-state index contributed by atoms with van der Waals surface area (Å²) in [5.74, 6) is -1.10. The predicted molar refractivity (Wildman–Crippen MR) is 112 cm³/mol. The Kier molecular flexibility index (Phi) is 6.20. The zero-order valence-corrected chi connectivity index (χ0v) is 18.2. The van der Waals surface area contributed by atoms with Gasteiger partial charge in [-0.1, -0.05) is 28.1 Å². The van der Waals surface area contributed by atoms with Gasteiger partial charge in [0.05, 0.1) is 25.9 Å². The molecule has 2 heterocycles. The molecule has 0 saturated heterocycles. The van der Waals surface area contributed by atoms with Gasteiger partial charge in [0.2, 0.25) is 5.91 Å². The summed E-state index contributed by atoms with van der Waals surface area (Å²) < 4.78 is 9.11. The third-order valence-corrected chi connectivity index (χ3v) is 5.24. The molecule has 0 bridgehead atoms. The van der Waals surface area contributed by atoms with Crippen LogP contribution in [0.4, 0.5) is 0 Å². The number of rotatable bonds is 6. The lowest BCUT2D eigenvalue weighted by atomic mass is 10.0. The first-order valence-electron chi connectivity index (χ1n) is 8.95. The average molecular weight is 478 g/mol. The maximum absolute atomic E-state index is 12.8. The summed E-state index contributed by atoms with van der Waals surface area (Å²) in [6.45, 7) is -0.499. The fourth-order valence-corrected chi connectivity index (χ4v) is 3.38. The van der Waals surface area contributed by atoms with Gasteiger partial charge in [0.1, 0.15) is 6.54 Å². The highest BCUT2D eigenvalue weighted by Crippen LogP contribution is 2.20. The van der Waals surface area contributed by atoms with E-state index in [1.165, 1.54) is 29.6 Å². The lowest BCUT2D eigenvalue weighted by Crippen LogP contribution is -2.44. The monoisotopic (exact) mass is 477 g/mol. The number of halogens is 1. The summed E-state index contributed by atoms with van der Waals surface area (Å²) in [5.41, 5.74) is -0.142. The van der Waals surface area contributed by atoms with E-state index in [2.05, 4.69) is 26.2 Å². The Bertz CT molecular complexity index is 1230. The van der Waals surface area contributed by atoms with E-state index in [0.717, 1.165) is 9.04 Å². The maximum Gasteiger partial charge on any atom is 0.332 e. The molecule has 2 aromatic heterocycles. The van der Waals surface area contributed by atoms with Crippen LogP contribution in [0.5, 0.6) is 0 Å². The number of hydrogen-bond acceptors (Lipinski definition) is 6. The zero-order valence-electron chi connectivity index (χ0n) is 16.6. The smallest absolute Gasteiger partial charge is 0.332 e. The molecule has 1 atom stereocenters. The molecule has 11 heteroatoms. The topological polar surface area (TPSA) is 117 Å². The molecule has 10 nitrogen and oxygen atoms in total. The molecule has 0 spiro atoms. The standard InChI is InChI=1S/C19H20BrN5O5/c1-23-10-21-17-16(23)18(28)25(19(29)24(17)2)9-14(26)22-13(8-15(27)30-3)11-4-6-12(20)7-5-11/h4-7,10,13H,8-9H2,1-3H3,(H,22,26)/t13-/m0/s1. The van der Waals surface area contributed by atoms with Gasteiger partial charge in [-0.2, -0.15) is 0 Å². The maximum atomic E-state index is 12.8. The molecule has 0 unspecified atom stereocenters. The number of benzene rings is 1. The highest BCUT2D eigenvalue weighted by molar-refractivity contribution is 9.10. The van der Waals surface area contributed by atoms with Gasteiger partial charge in [0, 0.05) is 18.6 Å². The second-order valence-electron chi connectivity index (χ2n) is 6.71. The minimum absolute atomic E-state index is 0.0997. The predicted octanol–water partition coefficient (Wildman–Crippen LogP) is 0.617. The molecule has 3 aromatic rings. The van der Waals surface area contributed by atoms with E-state index in [1.807, 2.05) is 0 Å². The number of amides is 1. The van der Waals surface area contributed by atoms with Gasteiger partial charge in [-0.3, -0.25) is 19.0 Å². The molecule has 0 saturated carbocycles. The van der Waals surface area contributed by atoms with Gasteiger partial charge in [-0.25, -0.2) is 14.3 Å². The molecule has 1 amide bonds. The Morgan fingerprint density at radius 1 is 1.20 bits per heavy atom. The third kappa shape index (κ3) is 4.20. The van der Waals surface area contributed by atoms with Crippen molar-refractivity contribution < 1.29 is 14.3 Å². The van der Waals surface area contributed by atoms with Gasteiger partial charge in [0.25, 0.3) is 5.56 Å². The van der Waals surface area contributed by atoms with E-state index < -0.39 is 35.7 Å². The molecule has 3 rings (SSSR count). The Balaban J connectivity index is 1.91. The number of carbonyl (C=O) groups excluding carboxylic acids is 2. The fraction of sp³-hybridized carbons (Fsp3) is 0.316. The molecule has 30 heavy (non-hydrogen) atoms. The summed E-state index contributed by atoms with van der Waals surface area (Å²) in [6.07, 6.45) is 1.33. The van der Waals surface area contributed by atoms with Crippen LogP contribution in [0.1, 0.15) is 18.0 Å². The Labute approximate surface area is 179 Å². The highest BCUT2D eigenvalue weighted by Gasteiger charge is 2.21. The summed E-state index contributed by atoms with van der Waals surface area (Å²) in [5, 5.41) is 2.71. The number of carbonyl (C=O) groups is 2. The molecule has 0 aliphatic heterocycles. The number of hydrogen-bond donors (Lipinski definition) is 1. The Morgan fingerprint density at radius 3 is 2.50 bits per heavy atom. The SMILES string of the molecule is COC(=O)C[C@H](NC(=O)Cn1c(=O)c2c(ncn2C)n(C)c1=O)c1ccc(Br)cc1. The summed E-state index contributed by atoms with van der Waals surface area (Å²) in [6, 6.07) is 6.39. The second kappa shape index (κ2) is 8.66. The summed E-state index contributed by atoms with van der Waals surface area (Å²) in [7, 11) is 4.37. The van der Waals surface area contributed by atoms with Crippen LogP contribution in [0, 0.1) is 0 Å². The van der Waals surface area contributed by atoms with Gasteiger partial charge >= 0.3 is 11.7 Å². The van der Waals surface area contributed by atoms with Crippen molar-refractivity contribution in [3.63, 3.8) is 0 Å². The molecule has 158 valence electrons. The van der Waals surface area contributed by atoms with E-state index >= 15 is 0 Å². The number of nitrogens with zero attached hydrogens (tertiary/aromatic N) is 4. The van der Waals surface area contributed by atoms with Crippen molar-refractivity contribution in [2.45, 2.75) is 19.0 Å². The largest absolute Gasteiger partial charge is 0.469 e. The van der Waals surface area contributed by atoms with E-state index in [4.69, 9.17) is 4.74 Å². The van der Waals surface area contributed by atoms with Crippen molar-refractivity contribution >= 4 is 39.0 Å². The van der Waals surface area contributed by atoms with Crippen LogP contribution in [-0.2, 0) is 35.0 Å². The number of imidazole rings is 1. The summed E-state index contributed by atoms with van der Waals surface area (Å²) >= 11 is 3.34. The Hall–Kier alpha value is -3.21. The molecule has 1 N–H and O–H groups in total. The fourth-order valence-electron chi connectivity index (χ4n) is 3.12. The van der Waals surface area contributed by atoms with Crippen molar-refractivity contribution in [2.24, 2.45) is 14.1 Å².